The Kier molecular flexibility index (Phi) is 4.95. The molecule has 3 aromatic rings. The molecule has 2 N–H and O–H groups in total. The summed E-state index contributed by atoms with van der Waals surface area (Å²) in [5.74, 6) is 0.704. The van der Waals surface area contributed by atoms with Gasteiger partial charge >= 0.3 is 0 Å². The lowest BCUT2D eigenvalue weighted by atomic mass is 10.3. The Hall–Kier alpha value is -2.73. The molecule has 3 rings (SSSR count). The molecule has 5 nitrogen and oxygen atoms in total. The fourth-order valence-electron chi connectivity index (χ4n) is 2.03. The molecular formula is C17H16N4OS. The van der Waals surface area contributed by atoms with E-state index in [1.54, 1.807) is 23.7 Å². The number of aromatic nitrogens is 2. The molecule has 1 amide bonds. The van der Waals surface area contributed by atoms with Gasteiger partial charge in [-0.3, -0.25) is 9.78 Å². The standard InChI is InChI=1S/C17H16N4OS/c22-17(10-15-5-3-9-23-15)21-14-6-7-16(20-12-14)19-11-13-4-1-2-8-18-13/h1-9,12H,10-11H2,(H,19,20)(H,21,22). The number of carbonyl (C=O) groups is 1. The Morgan fingerprint density at radius 3 is 2.74 bits per heavy atom. The molecule has 0 saturated heterocycles. The molecular weight excluding hydrogens is 308 g/mol. The van der Waals surface area contributed by atoms with E-state index >= 15 is 0 Å². The van der Waals surface area contributed by atoms with Crippen molar-refractivity contribution in [3.63, 3.8) is 0 Å². The van der Waals surface area contributed by atoms with E-state index in [1.165, 1.54) is 0 Å². The average Bonchev–Trinajstić information content (AvgIpc) is 3.08. The lowest BCUT2D eigenvalue weighted by Crippen LogP contribution is -2.14. The Morgan fingerprint density at radius 1 is 1.09 bits per heavy atom. The van der Waals surface area contributed by atoms with Crippen LogP contribution in [0.15, 0.2) is 60.2 Å². The predicted octanol–water partition coefficient (Wildman–Crippen LogP) is 3.33. The first kappa shape index (κ1) is 15.2. The van der Waals surface area contributed by atoms with Gasteiger partial charge in [-0.2, -0.15) is 0 Å². The van der Waals surface area contributed by atoms with Crippen molar-refractivity contribution >= 4 is 28.7 Å². The number of hydrogen-bond acceptors (Lipinski definition) is 5. The zero-order chi connectivity index (χ0) is 15.9. The van der Waals surface area contributed by atoms with Crippen LogP contribution in [-0.2, 0) is 17.8 Å². The summed E-state index contributed by atoms with van der Waals surface area (Å²) in [4.78, 5) is 21.5. The van der Waals surface area contributed by atoms with Crippen LogP contribution in [0.5, 0.6) is 0 Å². The van der Waals surface area contributed by atoms with Gasteiger partial charge in [0.1, 0.15) is 5.82 Å². The highest BCUT2D eigenvalue weighted by Gasteiger charge is 2.05. The van der Waals surface area contributed by atoms with Crippen molar-refractivity contribution in [1.82, 2.24) is 9.97 Å². The van der Waals surface area contributed by atoms with Crippen LogP contribution in [0.1, 0.15) is 10.6 Å². The molecule has 0 aliphatic rings. The summed E-state index contributed by atoms with van der Waals surface area (Å²) in [6.45, 7) is 0.609. The third-order valence-electron chi connectivity index (χ3n) is 3.14. The molecule has 0 radical (unpaired) electrons. The van der Waals surface area contributed by atoms with E-state index in [9.17, 15) is 4.79 Å². The van der Waals surface area contributed by atoms with Gasteiger partial charge < -0.3 is 10.6 Å². The summed E-state index contributed by atoms with van der Waals surface area (Å²) < 4.78 is 0. The summed E-state index contributed by atoms with van der Waals surface area (Å²) in [6.07, 6.45) is 3.79. The van der Waals surface area contributed by atoms with Gasteiger partial charge in [0.2, 0.25) is 5.91 Å². The van der Waals surface area contributed by atoms with Crippen molar-refractivity contribution in [2.24, 2.45) is 0 Å². The van der Waals surface area contributed by atoms with E-state index < -0.39 is 0 Å². The largest absolute Gasteiger partial charge is 0.364 e. The zero-order valence-electron chi connectivity index (χ0n) is 12.4. The molecule has 6 heteroatoms. The van der Waals surface area contributed by atoms with Crippen molar-refractivity contribution in [3.05, 3.63) is 70.8 Å². The maximum atomic E-state index is 11.9. The molecule has 0 aromatic carbocycles. The first-order valence-corrected chi connectivity index (χ1v) is 8.09. The topological polar surface area (TPSA) is 66.9 Å². The van der Waals surface area contributed by atoms with Gasteiger partial charge in [0.15, 0.2) is 0 Å². The number of nitrogens with zero attached hydrogens (tertiary/aromatic N) is 2. The minimum Gasteiger partial charge on any atom is -0.364 e. The molecule has 0 aliphatic heterocycles. The van der Waals surface area contributed by atoms with E-state index in [-0.39, 0.29) is 5.91 Å². The average molecular weight is 324 g/mol. The first-order chi connectivity index (χ1) is 11.3. The normalized spacial score (nSPS) is 10.3. The van der Waals surface area contributed by atoms with Crippen LogP contribution >= 0.6 is 11.3 Å². The number of hydrogen-bond donors (Lipinski definition) is 2. The highest BCUT2D eigenvalue weighted by molar-refractivity contribution is 7.10. The third-order valence-corrected chi connectivity index (χ3v) is 4.02. The van der Waals surface area contributed by atoms with Crippen molar-refractivity contribution in [2.45, 2.75) is 13.0 Å². The van der Waals surface area contributed by atoms with Crippen LogP contribution in [0, 0.1) is 0 Å². The van der Waals surface area contributed by atoms with Crippen LogP contribution in [-0.4, -0.2) is 15.9 Å². The zero-order valence-corrected chi connectivity index (χ0v) is 13.2. The van der Waals surface area contributed by atoms with E-state index in [1.807, 2.05) is 47.8 Å². The van der Waals surface area contributed by atoms with Crippen molar-refractivity contribution in [1.29, 1.82) is 0 Å². The number of anilines is 2. The Labute approximate surface area is 138 Å². The monoisotopic (exact) mass is 324 g/mol. The Morgan fingerprint density at radius 2 is 2.04 bits per heavy atom. The van der Waals surface area contributed by atoms with Gasteiger partial charge in [-0.05, 0) is 35.7 Å². The predicted molar refractivity (Wildman–Crippen MR) is 92.5 cm³/mol. The van der Waals surface area contributed by atoms with E-state index in [4.69, 9.17) is 0 Å². The Bertz CT molecular complexity index is 742. The number of carbonyl (C=O) groups excluding carboxylic acids is 1. The van der Waals surface area contributed by atoms with E-state index in [0.717, 1.165) is 16.4 Å². The minimum atomic E-state index is -0.0385. The van der Waals surface area contributed by atoms with Gasteiger partial charge in [-0.1, -0.05) is 12.1 Å². The maximum absolute atomic E-state index is 11.9. The molecule has 23 heavy (non-hydrogen) atoms. The first-order valence-electron chi connectivity index (χ1n) is 7.22. The molecule has 0 aliphatic carbocycles. The molecule has 0 bridgehead atoms. The second-order valence-corrected chi connectivity index (χ2v) is 5.94. The minimum absolute atomic E-state index is 0.0385. The summed E-state index contributed by atoms with van der Waals surface area (Å²) in [5, 5.41) is 8.00. The molecule has 0 atom stereocenters. The van der Waals surface area contributed by atoms with Crippen molar-refractivity contribution in [3.8, 4) is 0 Å². The molecule has 0 saturated carbocycles. The van der Waals surface area contributed by atoms with Gasteiger partial charge in [0.05, 0.1) is 30.5 Å². The molecule has 3 heterocycles. The summed E-state index contributed by atoms with van der Waals surface area (Å²) in [5.41, 5.74) is 1.64. The molecule has 3 aromatic heterocycles. The quantitative estimate of drug-likeness (QED) is 0.730. The summed E-state index contributed by atoms with van der Waals surface area (Å²) >= 11 is 1.58. The number of rotatable bonds is 6. The van der Waals surface area contributed by atoms with Crippen molar-refractivity contribution in [2.75, 3.05) is 10.6 Å². The fourth-order valence-corrected chi connectivity index (χ4v) is 2.74. The highest BCUT2D eigenvalue weighted by Crippen LogP contribution is 2.13. The van der Waals surface area contributed by atoms with E-state index in [0.29, 0.717) is 18.7 Å². The fraction of sp³-hybridized carbons (Fsp3) is 0.118. The number of thiophene rings is 1. The van der Waals surface area contributed by atoms with Crippen LogP contribution in [0.3, 0.4) is 0 Å². The van der Waals surface area contributed by atoms with Crippen molar-refractivity contribution < 1.29 is 4.79 Å². The molecule has 116 valence electrons. The van der Waals surface area contributed by atoms with E-state index in [2.05, 4.69) is 20.6 Å². The van der Waals surface area contributed by atoms with Gasteiger partial charge in [0, 0.05) is 11.1 Å². The van der Waals surface area contributed by atoms with Crippen LogP contribution < -0.4 is 10.6 Å². The van der Waals surface area contributed by atoms with Crippen LogP contribution in [0.4, 0.5) is 11.5 Å². The van der Waals surface area contributed by atoms with Gasteiger partial charge in [-0.15, -0.1) is 11.3 Å². The number of amides is 1. The SMILES string of the molecule is O=C(Cc1cccs1)Nc1ccc(NCc2ccccn2)nc1. The van der Waals surface area contributed by atoms with Crippen LogP contribution in [0.2, 0.25) is 0 Å². The molecule has 0 unspecified atom stereocenters. The molecule has 0 spiro atoms. The Balaban J connectivity index is 1.51. The number of nitrogens with one attached hydrogen (secondary N) is 2. The molecule has 0 fully saturated rings. The summed E-state index contributed by atoms with van der Waals surface area (Å²) in [7, 11) is 0. The second kappa shape index (κ2) is 7.51. The van der Waals surface area contributed by atoms with Crippen LogP contribution in [0.25, 0.3) is 0 Å². The maximum Gasteiger partial charge on any atom is 0.229 e. The highest BCUT2D eigenvalue weighted by atomic mass is 32.1. The summed E-state index contributed by atoms with van der Waals surface area (Å²) in [6, 6.07) is 13.3. The lowest BCUT2D eigenvalue weighted by Gasteiger charge is -2.07. The number of pyridine rings is 2. The van der Waals surface area contributed by atoms with Gasteiger partial charge in [-0.25, -0.2) is 4.98 Å². The smallest absolute Gasteiger partial charge is 0.229 e. The van der Waals surface area contributed by atoms with Gasteiger partial charge in [0.25, 0.3) is 0 Å². The lowest BCUT2D eigenvalue weighted by molar-refractivity contribution is -0.115. The second-order valence-electron chi connectivity index (χ2n) is 4.91. The third kappa shape index (κ3) is 4.62.